The van der Waals surface area contributed by atoms with Crippen molar-refractivity contribution in [1.82, 2.24) is 14.8 Å². The lowest BCUT2D eigenvalue weighted by molar-refractivity contribution is -0.113. The third kappa shape index (κ3) is 4.94. The van der Waals surface area contributed by atoms with Crippen molar-refractivity contribution in [2.45, 2.75) is 30.6 Å². The summed E-state index contributed by atoms with van der Waals surface area (Å²) in [5.74, 6) is 0.129. The van der Waals surface area contributed by atoms with Crippen molar-refractivity contribution in [3.05, 3.63) is 17.0 Å². The molecule has 2 saturated heterocycles. The molecule has 4 heterocycles. The topological polar surface area (TPSA) is 125 Å². The first-order chi connectivity index (χ1) is 14.6. The predicted octanol–water partition coefficient (Wildman–Crippen LogP) is 1.18. The molecule has 2 fully saturated rings. The Balaban J connectivity index is 1.44. The van der Waals surface area contributed by atoms with Gasteiger partial charge in [0.15, 0.2) is 5.16 Å². The zero-order valence-electron chi connectivity index (χ0n) is 16.4. The molecule has 10 nitrogen and oxygen atoms in total. The molecule has 12 heteroatoms. The van der Waals surface area contributed by atoms with Crippen LogP contribution in [0, 0.1) is 0 Å². The number of carbonyl (C=O) groups is 2. The van der Waals surface area contributed by atoms with Crippen LogP contribution in [-0.2, 0) is 20.8 Å². The molecule has 2 aliphatic rings. The molecule has 2 aromatic heterocycles. The fourth-order valence-electron chi connectivity index (χ4n) is 3.43. The van der Waals surface area contributed by atoms with Gasteiger partial charge in [-0.05, 0) is 24.3 Å². The van der Waals surface area contributed by atoms with Gasteiger partial charge in [0.25, 0.3) is 5.91 Å². The number of primary amides is 1. The maximum atomic E-state index is 12.4. The van der Waals surface area contributed by atoms with E-state index in [1.807, 2.05) is 4.57 Å². The molecular formula is C18H24N6O4S2. The van der Waals surface area contributed by atoms with E-state index in [-0.39, 0.29) is 17.8 Å². The molecule has 2 amide bonds. The molecular weight excluding hydrogens is 428 g/mol. The number of carbonyl (C=O) groups excluding carboxylic acids is 2. The summed E-state index contributed by atoms with van der Waals surface area (Å²) in [5.41, 5.74) is 5.65. The molecule has 3 N–H and O–H groups in total. The Kier molecular flexibility index (Phi) is 6.87. The van der Waals surface area contributed by atoms with Crippen molar-refractivity contribution in [2.24, 2.45) is 5.73 Å². The molecule has 0 radical (unpaired) electrons. The summed E-state index contributed by atoms with van der Waals surface area (Å²) in [6, 6.07) is 1.60. The minimum atomic E-state index is -0.564. The summed E-state index contributed by atoms with van der Waals surface area (Å²) in [7, 11) is 0. The van der Waals surface area contributed by atoms with Crippen LogP contribution < -0.4 is 16.0 Å². The van der Waals surface area contributed by atoms with Gasteiger partial charge >= 0.3 is 0 Å². The second-order valence-electron chi connectivity index (χ2n) is 6.99. The van der Waals surface area contributed by atoms with E-state index >= 15 is 0 Å². The predicted molar refractivity (Wildman–Crippen MR) is 114 cm³/mol. The van der Waals surface area contributed by atoms with E-state index in [1.165, 1.54) is 23.1 Å². The Hall–Kier alpha value is -2.15. The number of nitrogens with two attached hydrogens (primary N) is 1. The first-order valence-corrected chi connectivity index (χ1v) is 11.7. The van der Waals surface area contributed by atoms with Gasteiger partial charge < -0.3 is 25.4 Å². The largest absolute Gasteiger partial charge is 0.378 e. The van der Waals surface area contributed by atoms with Crippen molar-refractivity contribution in [3.63, 3.8) is 0 Å². The van der Waals surface area contributed by atoms with Crippen LogP contribution in [0.1, 0.15) is 23.2 Å². The van der Waals surface area contributed by atoms with E-state index in [9.17, 15) is 9.59 Å². The number of nitrogens with one attached hydrogen (secondary N) is 1. The van der Waals surface area contributed by atoms with Gasteiger partial charge in [-0.2, -0.15) is 0 Å². The van der Waals surface area contributed by atoms with Gasteiger partial charge in [0.1, 0.15) is 5.00 Å². The van der Waals surface area contributed by atoms with Crippen LogP contribution in [0.2, 0.25) is 0 Å². The summed E-state index contributed by atoms with van der Waals surface area (Å²) in [4.78, 5) is 26.0. The standard InChI is InChI=1S/C18H24N6O4S2/c19-15(26)13-3-9-29-16(13)20-14(25)11-30-18-22-21-17(23-4-7-27-8-5-23)24(18)10-12-2-1-6-28-12/h3,9,12H,1-2,4-8,10-11H2,(H2,19,26)(H,20,25). The van der Waals surface area contributed by atoms with E-state index in [2.05, 4.69) is 20.4 Å². The highest BCUT2D eigenvalue weighted by Gasteiger charge is 2.25. The lowest BCUT2D eigenvalue weighted by Crippen LogP contribution is -2.38. The highest BCUT2D eigenvalue weighted by atomic mass is 32.2. The van der Waals surface area contributed by atoms with Crippen molar-refractivity contribution >= 4 is 45.9 Å². The third-order valence-corrected chi connectivity index (χ3v) is 6.71. The van der Waals surface area contributed by atoms with Crippen LogP contribution in [0.15, 0.2) is 16.6 Å². The normalized spacial score (nSPS) is 19.2. The molecule has 2 aliphatic heterocycles. The summed E-state index contributed by atoms with van der Waals surface area (Å²) < 4.78 is 13.3. The Bertz CT molecular complexity index is 889. The van der Waals surface area contributed by atoms with Crippen molar-refractivity contribution < 1.29 is 19.1 Å². The van der Waals surface area contributed by atoms with E-state index in [4.69, 9.17) is 15.2 Å². The highest BCUT2D eigenvalue weighted by molar-refractivity contribution is 7.99. The number of nitrogens with zero attached hydrogens (tertiary/aromatic N) is 4. The molecule has 0 bridgehead atoms. The van der Waals surface area contributed by atoms with E-state index in [0.717, 1.165) is 38.5 Å². The minimum Gasteiger partial charge on any atom is -0.378 e. The van der Waals surface area contributed by atoms with E-state index in [1.54, 1.807) is 11.4 Å². The molecule has 2 aromatic rings. The van der Waals surface area contributed by atoms with Crippen molar-refractivity contribution in [1.29, 1.82) is 0 Å². The summed E-state index contributed by atoms with van der Waals surface area (Å²) in [6.07, 6.45) is 2.17. The molecule has 0 aliphatic carbocycles. The lowest BCUT2D eigenvalue weighted by atomic mass is 10.2. The number of rotatable bonds is 8. The number of ether oxygens (including phenoxy) is 2. The van der Waals surface area contributed by atoms with Gasteiger partial charge in [0, 0.05) is 19.7 Å². The van der Waals surface area contributed by atoms with Crippen molar-refractivity contribution in [2.75, 3.05) is 48.9 Å². The van der Waals surface area contributed by atoms with Gasteiger partial charge in [-0.1, -0.05) is 11.8 Å². The smallest absolute Gasteiger partial charge is 0.251 e. The maximum Gasteiger partial charge on any atom is 0.251 e. The molecule has 162 valence electrons. The minimum absolute atomic E-state index is 0.123. The van der Waals surface area contributed by atoms with Gasteiger partial charge in [-0.3, -0.25) is 14.2 Å². The first kappa shape index (κ1) is 21.1. The molecule has 1 unspecified atom stereocenters. The van der Waals surface area contributed by atoms with E-state index < -0.39 is 5.91 Å². The van der Waals surface area contributed by atoms with Gasteiger partial charge in [-0.15, -0.1) is 21.5 Å². The average Bonchev–Trinajstić information content (AvgIpc) is 3.49. The molecule has 4 rings (SSSR count). The summed E-state index contributed by atoms with van der Waals surface area (Å²) in [5, 5.41) is 14.3. The number of hydrogen-bond acceptors (Lipinski definition) is 9. The molecule has 0 spiro atoms. The molecule has 1 atom stereocenters. The fourth-order valence-corrected chi connectivity index (χ4v) is 4.98. The number of thiophene rings is 1. The summed E-state index contributed by atoms with van der Waals surface area (Å²) >= 11 is 2.58. The number of morpholine rings is 1. The number of hydrogen-bond donors (Lipinski definition) is 2. The number of aromatic nitrogens is 3. The molecule has 30 heavy (non-hydrogen) atoms. The second-order valence-corrected chi connectivity index (χ2v) is 8.85. The van der Waals surface area contributed by atoms with Crippen LogP contribution in [0.4, 0.5) is 10.9 Å². The molecule has 0 aromatic carbocycles. The first-order valence-electron chi connectivity index (χ1n) is 9.79. The zero-order valence-corrected chi connectivity index (χ0v) is 18.0. The van der Waals surface area contributed by atoms with Crippen molar-refractivity contribution in [3.8, 4) is 0 Å². The lowest BCUT2D eigenvalue weighted by Gasteiger charge is -2.28. The van der Waals surface area contributed by atoms with Gasteiger partial charge in [0.2, 0.25) is 11.9 Å². The zero-order chi connectivity index (χ0) is 20.9. The van der Waals surface area contributed by atoms with Crippen LogP contribution in [-0.4, -0.2) is 71.3 Å². The maximum absolute atomic E-state index is 12.4. The Morgan fingerprint density at radius 2 is 2.13 bits per heavy atom. The Morgan fingerprint density at radius 1 is 1.30 bits per heavy atom. The number of amides is 2. The average molecular weight is 453 g/mol. The van der Waals surface area contributed by atoms with Crippen LogP contribution in [0.3, 0.4) is 0 Å². The fraction of sp³-hybridized carbons (Fsp3) is 0.556. The SMILES string of the molecule is NC(=O)c1ccsc1NC(=O)CSc1nnc(N2CCOCC2)n1CC1CCCO1. The Morgan fingerprint density at radius 3 is 2.87 bits per heavy atom. The van der Waals surface area contributed by atoms with Crippen LogP contribution in [0.25, 0.3) is 0 Å². The Labute approximate surface area is 182 Å². The van der Waals surface area contributed by atoms with Crippen LogP contribution >= 0.6 is 23.1 Å². The number of thioether (sulfide) groups is 1. The quantitative estimate of drug-likeness (QED) is 0.572. The highest BCUT2D eigenvalue weighted by Crippen LogP contribution is 2.27. The number of anilines is 2. The third-order valence-electron chi connectivity index (χ3n) is 4.92. The monoisotopic (exact) mass is 452 g/mol. The van der Waals surface area contributed by atoms with E-state index in [0.29, 0.717) is 35.5 Å². The van der Waals surface area contributed by atoms with Gasteiger partial charge in [0.05, 0.1) is 37.2 Å². The van der Waals surface area contributed by atoms with Gasteiger partial charge in [-0.25, -0.2) is 0 Å². The second kappa shape index (κ2) is 9.77. The van der Waals surface area contributed by atoms with Crippen LogP contribution in [0.5, 0.6) is 0 Å². The summed E-state index contributed by atoms with van der Waals surface area (Å²) in [6.45, 7) is 4.24. The molecule has 0 saturated carbocycles.